The molecule has 8 heteroatoms. The van der Waals surface area contributed by atoms with Crippen molar-refractivity contribution in [2.24, 2.45) is 0 Å². The molecule has 1 spiro atoms. The van der Waals surface area contributed by atoms with E-state index in [1.54, 1.807) is 38.1 Å². The minimum Gasteiger partial charge on any atom is -0.507 e. The molecule has 1 saturated heterocycles. The Morgan fingerprint density at radius 1 is 1.16 bits per heavy atom. The first kappa shape index (κ1) is 21.7. The molecular weight excluding hydrogens is 415 g/mol. The second-order valence-electron chi connectivity index (χ2n) is 7.74. The number of methoxy groups -OCH3 is 1. The molecule has 1 fully saturated rings. The van der Waals surface area contributed by atoms with Gasteiger partial charge in [-0.1, -0.05) is 30.3 Å². The van der Waals surface area contributed by atoms with Crippen LogP contribution in [0.4, 0.5) is 10.1 Å². The van der Waals surface area contributed by atoms with Crippen LogP contribution in [-0.2, 0) is 24.7 Å². The van der Waals surface area contributed by atoms with Gasteiger partial charge in [0.05, 0.1) is 17.9 Å². The van der Waals surface area contributed by atoms with Crippen molar-refractivity contribution in [1.29, 1.82) is 0 Å². The summed E-state index contributed by atoms with van der Waals surface area (Å²) in [4.78, 5) is 42.9. The Morgan fingerprint density at radius 3 is 2.53 bits per heavy atom. The fourth-order valence-corrected chi connectivity index (χ4v) is 4.55. The number of anilines is 1. The highest BCUT2D eigenvalue weighted by molar-refractivity contribution is 6.50. The number of carbonyl (C=O) groups excluding carboxylic acids is 3. The van der Waals surface area contributed by atoms with Crippen molar-refractivity contribution in [2.45, 2.75) is 19.4 Å². The number of halogens is 1. The van der Waals surface area contributed by atoms with Gasteiger partial charge in [-0.15, -0.1) is 0 Å². The van der Waals surface area contributed by atoms with E-state index in [-0.39, 0.29) is 24.3 Å². The van der Waals surface area contributed by atoms with E-state index in [1.807, 2.05) is 0 Å². The standard InChI is InChI=1S/C24H23FN2O5/c1-4-26-18-8-6-5-7-16(18)24(23(26)31)19(21(29)22(30)27(24)11-12-32-3)20(28)15-10-9-14(2)17(25)13-15/h5-10,13,28H,4,11-12H2,1-3H3/t24-/m1/s1. The zero-order valence-corrected chi connectivity index (χ0v) is 18.0. The molecule has 4 rings (SSSR count). The summed E-state index contributed by atoms with van der Waals surface area (Å²) in [6.07, 6.45) is 0. The SMILES string of the molecule is CCN1C(=O)[C@]2(C(=C(O)c3ccc(C)c(F)c3)C(=O)C(=O)N2CCOC)c2ccccc21. The highest BCUT2D eigenvalue weighted by Crippen LogP contribution is 2.53. The molecule has 0 aromatic heterocycles. The molecule has 2 heterocycles. The number of fused-ring (bicyclic) bond motifs is 2. The summed E-state index contributed by atoms with van der Waals surface area (Å²) < 4.78 is 19.4. The lowest BCUT2D eigenvalue weighted by molar-refractivity contribution is -0.144. The molecule has 1 N–H and O–H groups in total. The Kier molecular flexibility index (Phi) is 5.34. The third kappa shape index (κ3) is 2.79. The van der Waals surface area contributed by atoms with Crippen LogP contribution in [0.5, 0.6) is 0 Å². The van der Waals surface area contributed by atoms with Crippen LogP contribution >= 0.6 is 0 Å². The number of rotatable bonds is 5. The number of aliphatic hydroxyl groups excluding tert-OH is 1. The molecule has 0 aliphatic carbocycles. The zero-order chi connectivity index (χ0) is 23.2. The number of ether oxygens (including phenoxy) is 1. The second kappa shape index (κ2) is 7.87. The third-order valence-electron chi connectivity index (χ3n) is 6.09. The number of para-hydroxylation sites is 1. The first-order valence-electron chi connectivity index (χ1n) is 10.3. The van der Waals surface area contributed by atoms with E-state index >= 15 is 0 Å². The number of aryl methyl sites for hydroxylation is 1. The largest absolute Gasteiger partial charge is 0.507 e. The Morgan fingerprint density at radius 2 is 1.88 bits per heavy atom. The lowest BCUT2D eigenvalue weighted by atomic mass is 9.82. The quantitative estimate of drug-likeness (QED) is 0.441. The minimum absolute atomic E-state index is 0.0115. The van der Waals surface area contributed by atoms with Crippen molar-refractivity contribution in [1.82, 2.24) is 4.90 Å². The van der Waals surface area contributed by atoms with E-state index in [1.165, 1.54) is 24.1 Å². The summed E-state index contributed by atoms with van der Waals surface area (Å²) in [6.45, 7) is 3.68. The van der Waals surface area contributed by atoms with Crippen LogP contribution in [0, 0.1) is 12.7 Å². The predicted octanol–water partition coefficient (Wildman–Crippen LogP) is 2.72. The monoisotopic (exact) mass is 438 g/mol. The Bertz CT molecular complexity index is 1170. The molecule has 0 radical (unpaired) electrons. The molecule has 166 valence electrons. The van der Waals surface area contributed by atoms with Gasteiger partial charge in [-0.25, -0.2) is 4.39 Å². The van der Waals surface area contributed by atoms with Crippen molar-refractivity contribution in [3.63, 3.8) is 0 Å². The van der Waals surface area contributed by atoms with Crippen LogP contribution in [0.25, 0.3) is 5.76 Å². The molecule has 2 aromatic rings. The van der Waals surface area contributed by atoms with Gasteiger partial charge in [0.15, 0.2) is 5.54 Å². The van der Waals surface area contributed by atoms with Crippen LogP contribution in [0.2, 0.25) is 0 Å². The van der Waals surface area contributed by atoms with Crippen molar-refractivity contribution >= 4 is 29.0 Å². The normalized spacial score (nSPS) is 21.7. The first-order valence-corrected chi connectivity index (χ1v) is 10.3. The van der Waals surface area contributed by atoms with Crippen LogP contribution in [0.15, 0.2) is 48.0 Å². The Balaban J connectivity index is 2.07. The van der Waals surface area contributed by atoms with Crippen LogP contribution in [0.1, 0.15) is 23.6 Å². The number of amides is 2. The average Bonchev–Trinajstić information content (AvgIpc) is 3.16. The predicted molar refractivity (Wildman–Crippen MR) is 115 cm³/mol. The lowest BCUT2D eigenvalue weighted by Crippen LogP contribution is -2.52. The molecule has 32 heavy (non-hydrogen) atoms. The summed E-state index contributed by atoms with van der Waals surface area (Å²) in [5, 5.41) is 11.2. The second-order valence-corrected chi connectivity index (χ2v) is 7.74. The van der Waals surface area contributed by atoms with E-state index < -0.39 is 34.7 Å². The van der Waals surface area contributed by atoms with Gasteiger partial charge >= 0.3 is 0 Å². The Labute approximate surface area is 184 Å². The maximum Gasteiger partial charge on any atom is 0.296 e. The van der Waals surface area contributed by atoms with E-state index in [0.717, 1.165) is 11.0 Å². The van der Waals surface area contributed by atoms with Gasteiger partial charge in [0, 0.05) is 31.3 Å². The molecule has 0 unspecified atom stereocenters. The number of likely N-dealkylation sites (tertiary alicyclic amines) is 1. The Hall–Kier alpha value is -3.52. The molecule has 1 atom stereocenters. The number of hydrogen-bond donors (Lipinski definition) is 1. The van der Waals surface area contributed by atoms with E-state index in [2.05, 4.69) is 0 Å². The summed E-state index contributed by atoms with van der Waals surface area (Å²) in [7, 11) is 1.45. The van der Waals surface area contributed by atoms with Crippen molar-refractivity contribution in [3.05, 3.63) is 70.5 Å². The van der Waals surface area contributed by atoms with E-state index in [0.29, 0.717) is 23.4 Å². The molecule has 0 saturated carbocycles. The molecule has 7 nitrogen and oxygen atoms in total. The van der Waals surface area contributed by atoms with Gasteiger partial charge in [0.25, 0.3) is 17.6 Å². The fraction of sp³-hybridized carbons (Fsp3) is 0.292. The third-order valence-corrected chi connectivity index (χ3v) is 6.09. The molecule has 2 aromatic carbocycles. The summed E-state index contributed by atoms with van der Waals surface area (Å²) in [6, 6.07) is 10.8. The smallest absolute Gasteiger partial charge is 0.296 e. The van der Waals surface area contributed by atoms with Crippen LogP contribution in [0.3, 0.4) is 0 Å². The number of nitrogens with zero attached hydrogens (tertiary/aromatic N) is 2. The number of benzene rings is 2. The number of carbonyl (C=O) groups is 3. The maximum atomic E-state index is 14.3. The van der Waals surface area contributed by atoms with Gasteiger partial charge < -0.3 is 19.6 Å². The molecule has 0 bridgehead atoms. The minimum atomic E-state index is -1.86. The lowest BCUT2D eigenvalue weighted by Gasteiger charge is -2.34. The molecule has 2 aliphatic rings. The van der Waals surface area contributed by atoms with Gasteiger partial charge in [-0.3, -0.25) is 14.4 Å². The summed E-state index contributed by atoms with van der Waals surface area (Å²) in [5.74, 6) is -3.61. The number of aliphatic hydroxyl groups is 1. The highest BCUT2D eigenvalue weighted by Gasteiger charge is 2.66. The zero-order valence-electron chi connectivity index (χ0n) is 18.0. The van der Waals surface area contributed by atoms with Crippen molar-refractivity contribution in [3.8, 4) is 0 Å². The maximum absolute atomic E-state index is 14.3. The van der Waals surface area contributed by atoms with Crippen molar-refractivity contribution in [2.75, 3.05) is 31.7 Å². The number of ketones is 1. The van der Waals surface area contributed by atoms with Crippen LogP contribution in [-0.4, -0.2) is 54.4 Å². The average molecular weight is 438 g/mol. The molecule has 2 aliphatic heterocycles. The summed E-state index contributed by atoms with van der Waals surface area (Å²) >= 11 is 0. The van der Waals surface area contributed by atoms with Gasteiger partial charge in [0.2, 0.25) is 0 Å². The van der Waals surface area contributed by atoms with E-state index in [4.69, 9.17) is 4.74 Å². The number of likely N-dealkylation sites (N-methyl/N-ethyl adjacent to an activating group) is 1. The number of Topliss-reactive ketones (excluding diaryl/α,β-unsaturated/α-hetero) is 1. The topological polar surface area (TPSA) is 87.2 Å². The van der Waals surface area contributed by atoms with Gasteiger partial charge in [-0.05, 0) is 31.5 Å². The molecule has 2 amide bonds. The summed E-state index contributed by atoms with van der Waals surface area (Å²) in [5.41, 5.74) is -0.893. The van der Waals surface area contributed by atoms with Crippen LogP contribution < -0.4 is 4.90 Å². The first-order chi connectivity index (χ1) is 15.3. The van der Waals surface area contributed by atoms with E-state index in [9.17, 15) is 23.9 Å². The molecular formula is C24H23FN2O5. The van der Waals surface area contributed by atoms with Crippen molar-refractivity contribution < 1.29 is 28.6 Å². The fourth-order valence-electron chi connectivity index (χ4n) is 4.55. The van der Waals surface area contributed by atoms with Gasteiger partial charge in [-0.2, -0.15) is 0 Å². The highest BCUT2D eigenvalue weighted by atomic mass is 19.1. The number of hydrogen-bond acceptors (Lipinski definition) is 5. The van der Waals surface area contributed by atoms with Gasteiger partial charge in [0.1, 0.15) is 11.6 Å².